The fraction of sp³-hybridized carbons (Fsp3) is 0.545. The van der Waals surface area contributed by atoms with Gasteiger partial charge in [-0.15, -0.1) is 0 Å². The Kier molecular flexibility index (Phi) is 3.45. The zero-order valence-corrected chi connectivity index (χ0v) is 10.6. The molecular weight excluding hydrogens is 245 g/mol. The van der Waals surface area contributed by atoms with Crippen LogP contribution in [0.4, 0.5) is 11.6 Å². The third kappa shape index (κ3) is 2.92. The monoisotopic (exact) mass is 259 g/mol. The molecule has 1 aromatic heterocycles. The van der Waals surface area contributed by atoms with Crippen molar-refractivity contribution < 1.29 is 0 Å². The topological polar surface area (TPSA) is 50.9 Å². The van der Waals surface area contributed by atoms with Crippen LogP contribution in [0.5, 0.6) is 0 Å². The molecule has 1 atom stereocenters. The van der Waals surface area contributed by atoms with Gasteiger partial charge < -0.3 is 11.1 Å². The number of hydrogen-bond donors (Lipinski definition) is 2. The molecule has 1 unspecified atom stereocenters. The Hall–Kier alpha value is -0.670. The minimum absolute atomic E-state index is 0.312. The first kappa shape index (κ1) is 11.8. The maximum Gasteiger partial charge on any atom is 0.147 e. The SMILES string of the molecule is CC(CC1CC1)Nc1nc(N)c(Cl)cc1Cl. The van der Waals surface area contributed by atoms with Crippen LogP contribution in [-0.2, 0) is 0 Å². The van der Waals surface area contributed by atoms with Crippen LogP contribution in [0.25, 0.3) is 0 Å². The maximum atomic E-state index is 6.03. The predicted molar refractivity (Wildman–Crippen MR) is 69.1 cm³/mol. The van der Waals surface area contributed by atoms with Crippen LogP contribution >= 0.6 is 23.2 Å². The Bertz CT molecular complexity index is 391. The number of pyridine rings is 1. The van der Waals surface area contributed by atoms with Crippen molar-refractivity contribution >= 4 is 34.8 Å². The van der Waals surface area contributed by atoms with Crippen LogP contribution in [0.2, 0.25) is 10.0 Å². The van der Waals surface area contributed by atoms with Gasteiger partial charge in [0.2, 0.25) is 0 Å². The van der Waals surface area contributed by atoms with Gasteiger partial charge in [0.25, 0.3) is 0 Å². The average Bonchev–Trinajstić information content (AvgIpc) is 2.98. The van der Waals surface area contributed by atoms with Crippen molar-refractivity contribution in [1.29, 1.82) is 0 Å². The van der Waals surface area contributed by atoms with E-state index in [4.69, 9.17) is 28.9 Å². The van der Waals surface area contributed by atoms with Gasteiger partial charge in [-0.05, 0) is 25.3 Å². The van der Waals surface area contributed by atoms with E-state index < -0.39 is 0 Å². The molecule has 0 amide bonds. The number of halogens is 2. The number of nitrogen functional groups attached to an aromatic ring is 1. The van der Waals surface area contributed by atoms with E-state index in [1.807, 2.05) is 0 Å². The van der Waals surface area contributed by atoms with Crippen LogP contribution in [-0.4, -0.2) is 11.0 Å². The van der Waals surface area contributed by atoms with Crippen molar-refractivity contribution in [3.63, 3.8) is 0 Å². The number of nitrogens with two attached hydrogens (primary N) is 1. The summed E-state index contributed by atoms with van der Waals surface area (Å²) in [4.78, 5) is 4.14. The highest BCUT2D eigenvalue weighted by Crippen LogP contribution is 2.35. The van der Waals surface area contributed by atoms with Crippen LogP contribution in [0.1, 0.15) is 26.2 Å². The standard InChI is InChI=1S/C11H15Cl2N3/c1-6(4-7-2-3-7)15-11-9(13)5-8(12)10(14)16-11/h5-7H,2-4H2,1H3,(H3,14,15,16). The van der Waals surface area contributed by atoms with Crippen molar-refractivity contribution in [2.45, 2.75) is 32.2 Å². The molecule has 0 spiro atoms. The van der Waals surface area contributed by atoms with Gasteiger partial charge in [0.1, 0.15) is 11.6 Å². The number of rotatable bonds is 4. The second-order valence-electron chi connectivity index (χ2n) is 4.41. The van der Waals surface area contributed by atoms with E-state index in [1.165, 1.54) is 12.8 Å². The molecule has 5 heteroatoms. The predicted octanol–water partition coefficient (Wildman–Crippen LogP) is 3.57. The highest BCUT2D eigenvalue weighted by molar-refractivity contribution is 6.37. The minimum atomic E-state index is 0.312. The summed E-state index contributed by atoms with van der Waals surface area (Å²) in [5.74, 6) is 1.80. The van der Waals surface area contributed by atoms with Crippen molar-refractivity contribution in [3.8, 4) is 0 Å². The van der Waals surface area contributed by atoms with Gasteiger partial charge in [-0.1, -0.05) is 36.0 Å². The first-order valence-corrected chi connectivity index (χ1v) is 6.20. The molecule has 1 aliphatic rings. The molecule has 3 nitrogen and oxygen atoms in total. The zero-order chi connectivity index (χ0) is 11.7. The number of nitrogens with one attached hydrogen (secondary N) is 1. The van der Waals surface area contributed by atoms with E-state index in [2.05, 4.69) is 17.2 Å². The molecule has 1 fully saturated rings. The highest BCUT2D eigenvalue weighted by atomic mass is 35.5. The number of aromatic nitrogens is 1. The van der Waals surface area contributed by atoms with Crippen LogP contribution < -0.4 is 11.1 Å². The summed E-state index contributed by atoms with van der Waals surface area (Å²) in [7, 11) is 0. The lowest BCUT2D eigenvalue weighted by Crippen LogP contribution is -2.17. The van der Waals surface area contributed by atoms with Crippen molar-refractivity contribution in [3.05, 3.63) is 16.1 Å². The molecule has 1 heterocycles. The summed E-state index contributed by atoms with van der Waals surface area (Å²) in [5, 5.41) is 4.18. The van der Waals surface area contributed by atoms with Gasteiger partial charge in [-0.2, -0.15) is 0 Å². The fourth-order valence-corrected chi connectivity index (χ4v) is 2.14. The Labute approximate surface area is 105 Å². The molecule has 0 aromatic carbocycles. The van der Waals surface area contributed by atoms with Gasteiger partial charge in [0, 0.05) is 6.04 Å². The minimum Gasteiger partial charge on any atom is -0.382 e. The van der Waals surface area contributed by atoms with E-state index in [-0.39, 0.29) is 0 Å². The molecule has 88 valence electrons. The van der Waals surface area contributed by atoms with Gasteiger partial charge in [0.05, 0.1) is 10.0 Å². The third-order valence-corrected chi connectivity index (χ3v) is 3.31. The second-order valence-corrected chi connectivity index (χ2v) is 5.22. The molecule has 1 aromatic rings. The summed E-state index contributed by atoms with van der Waals surface area (Å²) < 4.78 is 0. The number of hydrogen-bond acceptors (Lipinski definition) is 3. The molecular formula is C11H15Cl2N3. The average molecular weight is 260 g/mol. The number of anilines is 2. The smallest absolute Gasteiger partial charge is 0.147 e. The second kappa shape index (κ2) is 4.68. The lowest BCUT2D eigenvalue weighted by atomic mass is 10.1. The third-order valence-electron chi connectivity index (χ3n) is 2.72. The summed E-state index contributed by atoms with van der Waals surface area (Å²) in [6.07, 6.45) is 3.84. The molecule has 0 radical (unpaired) electrons. The van der Waals surface area contributed by atoms with Gasteiger partial charge >= 0.3 is 0 Å². The first-order valence-electron chi connectivity index (χ1n) is 5.44. The fourth-order valence-electron chi connectivity index (χ4n) is 1.73. The van der Waals surface area contributed by atoms with Gasteiger partial charge in [-0.25, -0.2) is 4.98 Å². The molecule has 1 aliphatic carbocycles. The highest BCUT2D eigenvalue weighted by Gasteiger charge is 2.24. The Morgan fingerprint density at radius 1 is 1.50 bits per heavy atom. The Morgan fingerprint density at radius 2 is 2.19 bits per heavy atom. The summed E-state index contributed by atoms with van der Waals surface area (Å²) in [6.45, 7) is 2.13. The Balaban J connectivity index is 2.04. The van der Waals surface area contributed by atoms with Crippen LogP contribution in [0, 0.1) is 5.92 Å². The largest absolute Gasteiger partial charge is 0.382 e. The van der Waals surface area contributed by atoms with Crippen LogP contribution in [0.15, 0.2) is 6.07 Å². The first-order chi connectivity index (χ1) is 7.56. The van der Waals surface area contributed by atoms with Gasteiger partial charge in [-0.3, -0.25) is 0 Å². The quantitative estimate of drug-likeness (QED) is 0.870. The lowest BCUT2D eigenvalue weighted by molar-refractivity contribution is 0.640. The molecule has 0 aliphatic heterocycles. The van der Waals surface area contributed by atoms with E-state index in [1.54, 1.807) is 6.07 Å². The van der Waals surface area contributed by atoms with Crippen molar-refractivity contribution in [1.82, 2.24) is 4.98 Å². The molecule has 0 bridgehead atoms. The zero-order valence-electron chi connectivity index (χ0n) is 9.13. The van der Waals surface area contributed by atoms with Crippen molar-refractivity contribution in [2.75, 3.05) is 11.1 Å². The summed E-state index contributed by atoms with van der Waals surface area (Å²) >= 11 is 11.8. The summed E-state index contributed by atoms with van der Waals surface area (Å²) in [5.41, 5.74) is 5.64. The molecule has 0 saturated heterocycles. The van der Waals surface area contributed by atoms with E-state index in [0.29, 0.717) is 27.7 Å². The Morgan fingerprint density at radius 3 is 2.81 bits per heavy atom. The number of nitrogens with zero attached hydrogens (tertiary/aromatic N) is 1. The van der Waals surface area contributed by atoms with Gasteiger partial charge in [0.15, 0.2) is 0 Å². The van der Waals surface area contributed by atoms with E-state index in [0.717, 1.165) is 12.3 Å². The normalized spacial score (nSPS) is 17.2. The summed E-state index contributed by atoms with van der Waals surface area (Å²) in [6, 6.07) is 1.98. The lowest BCUT2D eigenvalue weighted by Gasteiger charge is -2.15. The van der Waals surface area contributed by atoms with E-state index >= 15 is 0 Å². The molecule has 16 heavy (non-hydrogen) atoms. The molecule has 2 rings (SSSR count). The van der Waals surface area contributed by atoms with E-state index in [9.17, 15) is 0 Å². The molecule has 3 N–H and O–H groups in total. The molecule has 1 saturated carbocycles. The van der Waals surface area contributed by atoms with Crippen LogP contribution in [0.3, 0.4) is 0 Å². The maximum absolute atomic E-state index is 6.03. The van der Waals surface area contributed by atoms with Crippen molar-refractivity contribution in [2.24, 2.45) is 5.92 Å².